The molecule has 6 nitrogen and oxygen atoms in total. The lowest BCUT2D eigenvalue weighted by molar-refractivity contribution is 0.101. The van der Waals surface area contributed by atoms with Crippen molar-refractivity contribution >= 4 is 11.5 Å². The Bertz CT molecular complexity index is 789. The third kappa shape index (κ3) is 3.12. The molecule has 0 amide bonds. The van der Waals surface area contributed by atoms with E-state index in [4.69, 9.17) is 4.42 Å². The van der Waals surface area contributed by atoms with Crippen LogP contribution in [0.5, 0.6) is 0 Å². The van der Waals surface area contributed by atoms with Crippen LogP contribution in [-0.2, 0) is 6.42 Å². The van der Waals surface area contributed by atoms with Crippen molar-refractivity contribution in [1.29, 1.82) is 0 Å². The molecule has 0 saturated carbocycles. The standard InChI is InChI=1S/C16H13N3O3/c20-13(9-14(21)16-17-10-18-19-16)15-7-6-12(22-15)8-11-4-2-1-3-5-11/h1-7,9-10,21H,8H2,(H,17,18,19)/b14-9-. The SMILES string of the molecule is O=C(/C=C(\O)c1ncn[nH]1)c1ccc(Cc2ccccc2)o1. The van der Waals surface area contributed by atoms with Gasteiger partial charge in [0.2, 0.25) is 5.78 Å². The highest BCUT2D eigenvalue weighted by Gasteiger charge is 2.12. The zero-order valence-corrected chi connectivity index (χ0v) is 11.6. The number of aliphatic hydroxyl groups excluding tert-OH is 1. The van der Waals surface area contributed by atoms with E-state index in [0.717, 1.165) is 11.6 Å². The first-order chi connectivity index (χ1) is 10.7. The van der Waals surface area contributed by atoms with Gasteiger partial charge in [0.1, 0.15) is 12.1 Å². The van der Waals surface area contributed by atoms with E-state index < -0.39 is 5.78 Å². The van der Waals surface area contributed by atoms with Crippen LogP contribution in [0.15, 0.2) is 59.3 Å². The zero-order chi connectivity index (χ0) is 15.4. The Morgan fingerprint density at radius 1 is 1.23 bits per heavy atom. The van der Waals surface area contributed by atoms with Gasteiger partial charge in [0.25, 0.3) is 0 Å². The number of carbonyl (C=O) groups is 1. The van der Waals surface area contributed by atoms with E-state index in [0.29, 0.717) is 12.2 Å². The largest absolute Gasteiger partial charge is 0.504 e. The van der Waals surface area contributed by atoms with E-state index in [1.54, 1.807) is 12.1 Å². The van der Waals surface area contributed by atoms with Gasteiger partial charge < -0.3 is 9.52 Å². The van der Waals surface area contributed by atoms with Crippen LogP contribution < -0.4 is 0 Å². The van der Waals surface area contributed by atoms with Crippen molar-refractivity contribution in [3.8, 4) is 0 Å². The van der Waals surface area contributed by atoms with E-state index in [9.17, 15) is 9.90 Å². The topological polar surface area (TPSA) is 92.0 Å². The number of carbonyl (C=O) groups excluding carboxylic acids is 1. The summed E-state index contributed by atoms with van der Waals surface area (Å²) in [4.78, 5) is 15.8. The molecule has 3 aromatic rings. The molecule has 0 aliphatic heterocycles. The van der Waals surface area contributed by atoms with Gasteiger partial charge in [-0.15, -0.1) is 0 Å². The van der Waals surface area contributed by atoms with Crippen molar-refractivity contribution in [3.05, 3.63) is 77.8 Å². The van der Waals surface area contributed by atoms with Gasteiger partial charge in [0.15, 0.2) is 17.3 Å². The lowest BCUT2D eigenvalue weighted by atomic mass is 10.1. The monoisotopic (exact) mass is 295 g/mol. The fraction of sp³-hybridized carbons (Fsp3) is 0.0625. The predicted octanol–water partition coefficient (Wildman–Crippen LogP) is 2.77. The number of hydrogen-bond acceptors (Lipinski definition) is 5. The van der Waals surface area contributed by atoms with Crippen LogP contribution in [-0.4, -0.2) is 26.1 Å². The number of allylic oxidation sites excluding steroid dienone is 1. The first kappa shape index (κ1) is 13.8. The number of hydrogen-bond donors (Lipinski definition) is 2. The highest BCUT2D eigenvalue weighted by molar-refractivity contribution is 6.05. The number of nitrogens with zero attached hydrogens (tertiary/aromatic N) is 2. The van der Waals surface area contributed by atoms with Gasteiger partial charge in [0, 0.05) is 12.5 Å². The third-order valence-corrected chi connectivity index (χ3v) is 3.05. The van der Waals surface area contributed by atoms with Crippen LogP contribution in [0.4, 0.5) is 0 Å². The quantitative estimate of drug-likeness (QED) is 0.429. The van der Waals surface area contributed by atoms with Crippen molar-refractivity contribution in [3.63, 3.8) is 0 Å². The third-order valence-electron chi connectivity index (χ3n) is 3.05. The minimum absolute atomic E-state index is 0.129. The van der Waals surface area contributed by atoms with Crippen molar-refractivity contribution < 1.29 is 14.3 Å². The minimum atomic E-state index is -0.437. The Morgan fingerprint density at radius 3 is 2.77 bits per heavy atom. The van der Waals surface area contributed by atoms with Gasteiger partial charge in [-0.05, 0) is 17.7 Å². The first-order valence-electron chi connectivity index (χ1n) is 6.66. The Morgan fingerprint density at radius 2 is 2.05 bits per heavy atom. The minimum Gasteiger partial charge on any atom is -0.504 e. The number of ketones is 1. The normalized spacial score (nSPS) is 11.5. The molecule has 0 atom stereocenters. The van der Waals surface area contributed by atoms with Crippen LogP contribution in [0.2, 0.25) is 0 Å². The molecule has 110 valence electrons. The Kier molecular flexibility index (Phi) is 3.82. The molecule has 6 heteroatoms. The summed E-state index contributed by atoms with van der Waals surface area (Å²) >= 11 is 0. The Labute approximate surface area is 126 Å². The van der Waals surface area contributed by atoms with Gasteiger partial charge in [-0.2, -0.15) is 5.10 Å². The van der Waals surface area contributed by atoms with Crippen molar-refractivity contribution in [1.82, 2.24) is 15.2 Å². The number of H-pyrrole nitrogens is 1. The van der Waals surface area contributed by atoms with Gasteiger partial charge in [-0.3, -0.25) is 9.89 Å². The van der Waals surface area contributed by atoms with Crippen LogP contribution in [0.1, 0.15) is 27.7 Å². The fourth-order valence-corrected chi connectivity index (χ4v) is 1.99. The summed E-state index contributed by atoms with van der Waals surface area (Å²) in [5.41, 5.74) is 1.09. The lowest BCUT2D eigenvalue weighted by Gasteiger charge is -1.97. The van der Waals surface area contributed by atoms with Gasteiger partial charge in [-0.1, -0.05) is 30.3 Å². The average Bonchev–Trinajstić information content (AvgIpc) is 3.19. The summed E-state index contributed by atoms with van der Waals surface area (Å²) in [6, 6.07) is 13.1. The van der Waals surface area contributed by atoms with Gasteiger partial charge >= 0.3 is 0 Å². The number of aliphatic hydroxyl groups is 1. The van der Waals surface area contributed by atoms with Crippen molar-refractivity contribution in [2.75, 3.05) is 0 Å². The molecule has 0 radical (unpaired) electrons. The van der Waals surface area contributed by atoms with Gasteiger partial charge in [0.05, 0.1) is 0 Å². The maximum absolute atomic E-state index is 12.0. The highest BCUT2D eigenvalue weighted by atomic mass is 16.3. The van der Waals surface area contributed by atoms with Crippen LogP contribution in [0.3, 0.4) is 0 Å². The molecular formula is C16H13N3O3. The van der Waals surface area contributed by atoms with E-state index in [2.05, 4.69) is 15.2 Å². The molecule has 22 heavy (non-hydrogen) atoms. The molecule has 0 spiro atoms. The number of furan rings is 1. The summed E-state index contributed by atoms with van der Waals surface area (Å²) < 4.78 is 5.52. The molecule has 1 aromatic carbocycles. The summed E-state index contributed by atoms with van der Waals surface area (Å²) in [5, 5.41) is 15.8. The lowest BCUT2D eigenvalue weighted by Crippen LogP contribution is -1.96. The second-order valence-corrected chi connectivity index (χ2v) is 4.66. The van der Waals surface area contributed by atoms with E-state index in [1.807, 2.05) is 30.3 Å². The van der Waals surface area contributed by atoms with Crippen LogP contribution in [0, 0.1) is 0 Å². The summed E-state index contributed by atoms with van der Waals surface area (Å²) in [6.07, 6.45) is 2.90. The van der Waals surface area contributed by atoms with E-state index in [1.165, 1.54) is 6.33 Å². The first-order valence-corrected chi connectivity index (χ1v) is 6.66. The Hall–Kier alpha value is -3.15. The molecular weight excluding hydrogens is 282 g/mol. The van der Waals surface area contributed by atoms with Crippen molar-refractivity contribution in [2.24, 2.45) is 0 Å². The molecule has 0 bridgehead atoms. The van der Waals surface area contributed by atoms with Gasteiger partial charge in [-0.25, -0.2) is 4.98 Å². The fourth-order valence-electron chi connectivity index (χ4n) is 1.99. The Balaban J connectivity index is 1.73. The van der Waals surface area contributed by atoms with Crippen molar-refractivity contribution in [2.45, 2.75) is 6.42 Å². The highest BCUT2D eigenvalue weighted by Crippen LogP contribution is 2.15. The number of aromatic amines is 1. The molecule has 2 aromatic heterocycles. The molecule has 0 aliphatic rings. The predicted molar refractivity (Wildman–Crippen MR) is 79.3 cm³/mol. The molecule has 0 unspecified atom stereocenters. The molecule has 0 saturated heterocycles. The summed E-state index contributed by atoms with van der Waals surface area (Å²) in [6.45, 7) is 0. The summed E-state index contributed by atoms with van der Waals surface area (Å²) in [5.74, 6) is 0.250. The molecule has 2 N–H and O–H groups in total. The average molecular weight is 295 g/mol. The maximum Gasteiger partial charge on any atom is 0.224 e. The number of nitrogens with one attached hydrogen (secondary N) is 1. The number of aromatic nitrogens is 3. The van der Waals surface area contributed by atoms with Crippen LogP contribution >= 0.6 is 0 Å². The smallest absolute Gasteiger partial charge is 0.224 e. The number of rotatable bonds is 5. The maximum atomic E-state index is 12.0. The second-order valence-electron chi connectivity index (χ2n) is 4.66. The van der Waals surface area contributed by atoms with Crippen LogP contribution in [0.25, 0.3) is 5.76 Å². The number of benzene rings is 1. The molecule has 0 aliphatic carbocycles. The summed E-state index contributed by atoms with van der Waals surface area (Å²) in [7, 11) is 0. The zero-order valence-electron chi connectivity index (χ0n) is 11.6. The molecule has 3 rings (SSSR count). The molecule has 0 fully saturated rings. The van der Waals surface area contributed by atoms with E-state index >= 15 is 0 Å². The van der Waals surface area contributed by atoms with E-state index in [-0.39, 0.29) is 17.3 Å². The second kappa shape index (κ2) is 6.09. The molecule has 2 heterocycles.